The van der Waals surface area contributed by atoms with Gasteiger partial charge in [-0.15, -0.1) is 11.3 Å². The van der Waals surface area contributed by atoms with Gasteiger partial charge < -0.3 is 10.1 Å². The summed E-state index contributed by atoms with van der Waals surface area (Å²) in [5, 5.41) is 3.72. The molecule has 0 aliphatic heterocycles. The zero-order valence-corrected chi connectivity index (χ0v) is 13.7. The average molecular weight is 328 g/mol. The van der Waals surface area contributed by atoms with Gasteiger partial charge in [-0.25, -0.2) is 9.97 Å². The van der Waals surface area contributed by atoms with Crippen molar-refractivity contribution >= 4 is 27.5 Å². The van der Waals surface area contributed by atoms with Crippen LogP contribution in [-0.2, 0) is 6.54 Å². The molecule has 3 heterocycles. The van der Waals surface area contributed by atoms with Crippen LogP contribution in [0.1, 0.15) is 27.7 Å². The molecule has 0 fully saturated rings. The minimum Gasteiger partial charge on any atom is -0.477 e. The third-order valence-corrected chi connectivity index (χ3v) is 4.55. The zero-order chi connectivity index (χ0) is 16.2. The summed E-state index contributed by atoms with van der Waals surface area (Å²) in [6, 6.07) is 3.76. The van der Waals surface area contributed by atoms with E-state index in [1.54, 1.807) is 12.4 Å². The van der Waals surface area contributed by atoms with Crippen LogP contribution in [0.25, 0.3) is 10.2 Å². The molecule has 7 heteroatoms. The summed E-state index contributed by atoms with van der Waals surface area (Å²) >= 11 is 1.35. The molecule has 118 valence electrons. The monoisotopic (exact) mass is 328 g/mol. The summed E-state index contributed by atoms with van der Waals surface area (Å²) < 4.78 is 5.54. The lowest BCUT2D eigenvalue weighted by atomic mass is 10.2. The minimum absolute atomic E-state index is 0.128. The molecular weight excluding hydrogens is 312 g/mol. The van der Waals surface area contributed by atoms with Crippen molar-refractivity contribution in [3.8, 4) is 5.88 Å². The highest BCUT2D eigenvalue weighted by molar-refractivity contribution is 7.20. The number of thiophene rings is 1. The Morgan fingerprint density at radius 1 is 1.39 bits per heavy atom. The third-order valence-electron chi connectivity index (χ3n) is 3.36. The number of aryl methyl sites for hydroxylation is 1. The normalized spacial score (nSPS) is 10.7. The molecule has 0 radical (unpaired) electrons. The van der Waals surface area contributed by atoms with Gasteiger partial charge in [-0.2, -0.15) is 0 Å². The summed E-state index contributed by atoms with van der Waals surface area (Å²) in [4.78, 5) is 26.3. The van der Waals surface area contributed by atoms with E-state index >= 15 is 0 Å². The smallest absolute Gasteiger partial charge is 0.261 e. The molecule has 0 saturated heterocycles. The highest BCUT2D eigenvalue weighted by Gasteiger charge is 2.19. The first-order valence-corrected chi connectivity index (χ1v) is 8.06. The van der Waals surface area contributed by atoms with Crippen molar-refractivity contribution in [2.75, 3.05) is 6.61 Å². The SMILES string of the molecule is CCOc1ncnc2sc(C(=O)NCc3cccnc3)c(C)c12. The van der Waals surface area contributed by atoms with E-state index in [4.69, 9.17) is 4.74 Å². The van der Waals surface area contributed by atoms with Crippen LogP contribution in [0.4, 0.5) is 0 Å². The molecule has 3 rings (SSSR count). The second kappa shape index (κ2) is 6.70. The van der Waals surface area contributed by atoms with E-state index in [0.717, 1.165) is 21.3 Å². The molecule has 0 bridgehead atoms. The molecule has 6 nitrogen and oxygen atoms in total. The first-order chi connectivity index (χ1) is 11.2. The van der Waals surface area contributed by atoms with Crippen LogP contribution in [0.5, 0.6) is 5.88 Å². The van der Waals surface area contributed by atoms with Crippen LogP contribution in [-0.4, -0.2) is 27.5 Å². The first-order valence-electron chi connectivity index (χ1n) is 7.24. The highest BCUT2D eigenvalue weighted by Crippen LogP contribution is 2.34. The first kappa shape index (κ1) is 15.4. The van der Waals surface area contributed by atoms with E-state index in [0.29, 0.717) is 23.9 Å². The van der Waals surface area contributed by atoms with Crippen molar-refractivity contribution < 1.29 is 9.53 Å². The molecule has 0 aliphatic rings. The van der Waals surface area contributed by atoms with Crippen LogP contribution >= 0.6 is 11.3 Å². The van der Waals surface area contributed by atoms with Gasteiger partial charge in [0.1, 0.15) is 11.2 Å². The molecule has 1 amide bonds. The number of nitrogens with one attached hydrogen (secondary N) is 1. The number of aromatic nitrogens is 3. The maximum Gasteiger partial charge on any atom is 0.261 e. The standard InChI is InChI=1S/C16H16N4O2S/c1-3-22-15-12-10(2)13(23-16(12)20-9-19-15)14(21)18-8-11-5-4-6-17-7-11/h4-7,9H,3,8H2,1-2H3,(H,18,21). The Labute approximate surface area is 137 Å². The number of hydrogen-bond acceptors (Lipinski definition) is 6. The molecule has 3 aromatic heterocycles. The molecule has 0 unspecified atom stereocenters. The Morgan fingerprint density at radius 2 is 2.26 bits per heavy atom. The molecule has 0 saturated carbocycles. The van der Waals surface area contributed by atoms with Crippen LogP contribution in [0.15, 0.2) is 30.9 Å². The number of fused-ring (bicyclic) bond motifs is 1. The second-order valence-corrected chi connectivity index (χ2v) is 5.89. The van der Waals surface area contributed by atoms with Gasteiger partial charge in [-0.3, -0.25) is 9.78 Å². The fourth-order valence-electron chi connectivity index (χ4n) is 2.27. The predicted octanol–water partition coefficient (Wildman–Crippen LogP) is 2.72. The van der Waals surface area contributed by atoms with Gasteiger partial charge in [-0.1, -0.05) is 6.07 Å². The largest absolute Gasteiger partial charge is 0.477 e. The van der Waals surface area contributed by atoms with Crippen molar-refractivity contribution in [2.24, 2.45) is 0 Å². The topological polar surface area (TPSA) is 77.0 Å². The fraction of sp³-hybridized carbons (Fsp3) is 0.250. The number of amides is 1. The fourth-order valence-corrected chi connectivity index (χ4v) is 3.32. The third kappa shape index (κ3) is 3.14. The van der Waals surface area contributed by atoms with Crippen molar-refractivity contribution in [3.05, 3.63) is 46.9 Å². The van der Waals surface area contributed by atoms with E-state index in [1.807, 2.05) is 26.0 Å². The summed E-state index contributed by atoms with van der Waals surface area (Å²) in [5.41, 5.74) is 1.80. The predicted molar refractivity (Wildman–Crippen MR) is 88.7 cm³/mol. The van der Waals surface area contributed by atoms with E-state index in [-0.39, 0.29) is 5.91 Å². The lowest BCUT2D eigenvalue weighted by Gasteiger charge is -2.05. The summed E-state index contributed by atoms with van der Waals surface area (Å²) in [5.74, 6) is 0.398. The van der Waals surface area contributed by atoms with Crippen molar-refractivity contribution in [2.45, 2.75) is 20.4 Å². The van der Waals surface area contributed by atoms with E-state index in [2.05, 4.69) is 20.3 Å². The number of rotatable bonds is 5. The van der Waals surface area contributed by atoms with Gasteiger partial charge in [0.15, 0.2) is 0 Å². The van der Waals surface area contributed by atoms with Crippen molar-refractivity contribution in [1.29, 1.82) is 0 Å². The number of pyridine rings is 1. The number of carbonyl (C=O) groups excluding carboxylic acids is 1. The van der Waals surface area contributed by atoms with Crippen LogP contribution in [0, 0.1) is 6.92 Å². The van der Waals surface area contributed by atoms with Gasteiger partial charge in [0.25, 0.3) is 5.91 Å². The molecule has 1 N–H and O–H groups in total. The van der Waals surface area contributed by atoms with Crippen molar-refractivity contribution in [3.63, 3.8) is 0 Å². The van der Waals surface area contributed by atoms with Gasteiger partial charge in [0, 0.05) is 18.9 Å². The quantitative estimate of drug-likeness (QED) is 0.779. The Bertz CT molecular complexity index is 833. The van der Waals surface area contributed by atoms with E-state index in [9.17, 15) is 4.79 Å². The summed E-state index contributed by atoms with van der Waals surface area (Å²) in [6.07, 6.45) is 4.90. The van der Waals surface area contributed by atoms with Crippen LogP contribution in [0.3, 0.4) is 0 Å². The summed E-state index contributed by atoms with van der Waals surface area (Å²) in [7, 11) is 0. The molecule has 23 heavy (non-hydrogen) atoms. The molecule has 3 aromatic rings. The Balaban J connectivity index is 1.86. The highest BCUT2D eigenvalue weighted by atomic mass is 32.1. The number of nitrogens with zero attached hydrogens (tertiary/aromatic N) is 3. The lowest BCUT2D eigenvalue weighted by molar-refractivity contribution is 0.0954. The maximum absolute atomic E-state index is 12.5. The Morgan fingerprint density at radius 3 is 3.00 bits per heavy atom. The molecule has 0 spiro atoms. The van der Waals surface area contributed by atoms with Crippen LogP contribution in [0.2, 0.25) is 0 Å². The molecule has 0 aromatic carbocycles. The number of carbonyl (C=O) groups is 1. The van der Waals surface area contributed by atoms with Gasteiger partial charge in [0.05, 0.1) is 16.9 Å². The maximum atomic E-state index is 12.5. The molecule has 0 aliphatic carbocycles. The molecular formula is C16H16N4O2S. The average Bonchev–Trinajstić information content (AvgIpc) is 2.92. The Hall–Kier alpha value is -2.54. The zero-order valence-electron chi connectivity index (χ0n) is 12.9. The van der Waals surface area contributed by atoms with E-state index < -0.39 is 0 Å². The lowest BCUT2D eigenvalue weighted by Crippen LogP contribution is -2.22. The second-order valence-electron chi connectivity index (χ2n) is 4.89. The number of ether oxygens (including phenoxy) is 1. The van der Waals surface area contributed by atoms with E-state index in [1.165, 1.54) is 17.7 Å². The van der Waals surface area contributed by atoms with Gasteiger partial charge >= 0.3 is 0 Å². The minimum atomic E-state index is -0.128. The number of hydrogen-bond donors (Lipinski definition) is 1. The molecule has 0 atom stereocenters. The van der Waals surface area contributed by atoms with Gasteiger partial charge in [-0.05, 0) is 31.0 Å². The van der Waals surface area contributed by atoms with Crippen molar-refractivity contribution in [1.82, 2.24) is 20.3 Å². The summed E-state index contributed by atoms with van der Waals surface area (Å²) in [6.45, 7) is 4.75. The van der Waals surface area contributed by atoms with Gasteiger partial charge in [0.2, 0.25) is 5.88 Å². The van der Waals surface area contributed by atoms with Crippen LogP contribution < -0.4 is 10.1 Å². The Kier molecular flexibility index (Phi) is 4.47.